The third kappa shape index (κ3) is 3.80. The molecule has 0 aromatic heterocycles. The minimum Gasteiger partial charge on any atom is -0.479 e. The monoisotopic (exact) mass is 215 g/mol. The van der Waals surface area contributed by atoms with Crippen molar-refractivity contribution < 1.29 is 14.6 Å². The lowest BCUT2D eigenvalue weighted by molar-refractivity contribution is -0.151. The first kappa shape index (κ1) is 12.5. The summed E-state index contributed by atoms with van der Waals surface area (Å²) in [6.07, 6.45) is 0.453. The smallest absolute Gasteiger partial charge is 0.334 e. The minimum absolute atomic E-state index is 0.315. The molecule has 1 aliphatic rings. The molecule has 1 rings (SSSR count). The molecular weight excluding hydrogens is 194 g/mol. The molecule has 15 heavy (non-hydrogen) atoms. The highest BCUT2D eigenvalue weighted by Crippen LogP contribution is 2.28. The van der Waals surface area contributed by atoms with Gasteiger partial charge in [0.1, 0.15) is 0 Å². The van der Waals surface area contributed by atoms with Gasteiger partial charge in [-0.1, -0.05) is 13.8 Å². The molecule has 1 fully saturated rings. The lowest BCUT2D eigenvalue weighted by atomic mass is 9.93. The van der Waals surface area contributed by atoms with Gasteiger partial charge < -0.3 is 9.84 Å². The number of carboxylic acids is 1. The molecule has 0 saturated carbocycles. The summed E-state index contributed by atoms with van der Waals surface area (Å²) in [4.78, 5) is 13.1. The van der Waals surface area contributed by atoms with E-state index in [1.807, 2.05) is 6.92 Å². The second kappa shape index (κ2) is 4.94. The molecule has 1 unspecified atom stereocenters. The number of hydrogen-bond donors (Lipinski definition) is 1. The molecule has 1 atom stereocenters. The Morgan fingerprint density at radius 3 is 2.67 bits per heavy atom. The molecule has 88 valence electrons. The SMILES string of the molecule is CCOC(CN1CCC(C)(C)C1)C(=O)O. The van der Waals surface area contributed by atoms with Crippen LogP contribution >= 0.6 is 0 Å². The predicted octanol–water partition coefficient (Wildman–Crippen LogP) is 1.21. The van der Waals surface area contributed by atoms with Crippen molar-refractivity contribution in [3.05, 3.63) is 0 Å². The molecular formula is C11H21NO3. The third-order valence-corrected chi connectivity index (χ3v) is 2.82. The topological polar surface area (TPSA) is 49.8 Å². The van der Waals surface area contributed by atoms with Crippen LogP contribution in [0.5, 0.6) is 0 Å². The summed E-state index contributed by atoms with van der Waals surface area (Å²) in [5.41, 5.74) is 0.315. The van der Waals surface area contributed by atoms with Crippen molar-refractivity contribution in [3.63, 3.8) is 0 Å². The van der Waals surface area contributed by atoms with Gasteiger partial charge in [0.15, 0.2) is 6.10 Å². The normalized spacial score (nSPS) is 22.9. The molecule has 0 spiro atoms. The Kier molecular flexibility index (Phi) is 4.11. The van der Waals surface area contributed by atoms with Gasteiger partial charge in [0.05, 0.1) is 0 Å². The van der Waals surface area contributed by atoms with Crippen LogP contribution in [0, 0.1) is 5.41 Å². The fraction of sp³-hybridized carbons (Fsp3) is 0.909. The maximum absolute atomic E-state index is 10.9. The van der Waals surface area contributed by atoms with Crippen molar-refractivity contribution in [1.29, 1.82) is 0 Å². The van der Waals surface area contributed by atoms with Crippen molar-refractivity contribution >= 4 is 5.97 Å². The summed E-state index contributed by atoms with van der Waals surface area (Å²) >= 11 is 0. The van der Waals surface area contributed by atoms with Gasteiger partial charge in [-0.15, -0.1) is 0 Å². The quantitative estimate of drug-likeness (QED) is 0.749. The van der Waals surface area contributed by atoms with Gasteiger partial charge in [-0.2, -0.15) is 0 Å². The highest BCUT2D eigenvalue weighted by molar-refractivity contribution is 5.72. The van der Waals surface area contributed by atoms with Crippen molar-refractivity contribution in [3.8, 4) is 0 Å². The molecule has 4 heteroatoms. The van der Waals surface area contributed by atoms with Gasteiger partial charge in [-0.3, -0.25) is 4.90 Å². The third-order valence-electron chi connectivity index (χ3n) is 2.82. The van der Waals surface area contributed by atoms with Gasteiger partial charge in [0.25, 0.3) is 0 Å². The van der Waals surface area contributed by atoms with E-state index in [0.29, 0.717) is 18.6 Å². The summed E-state index contributed by atoms with van der Waals surface area (Å²) in [5.74, 6) is -0.860. The van der Waals surface area contributed by atoms with E-state index in [0.717, 1.165) is 19.5 Å². The van der Waals surface area contributed by atoms with E-state index >= 15 is 0 Å². The van der Waals surface area contributed by atoms with Crippen LogP contribution in [0.2, 0.25) is 0 Å². The zero-order chi connectivity index (χ0) is 11.5. The lowest BCUT2D eigenvalue weighted by Crippen LogP contribution is -2.38. The Morgan fingerprint density at radius 2 is 2.27 bits per heavy atom. The first-order valence-electron chi connectivity index (χ1n) is 5.51. The molecule has 1 N–H and O–H groups in total. The van der Waals surface area contributed by atoms with Gasteiger partial charge in [0, 0.05) is 19.7 Å². The number of likely N-dealkylation sites (tertiary alicyclic amines) is 1. The molecule has 1 saturated heterocycles. The highest BCUT2D eigenvalue weighted by Gasteiger charge is 2.32. The van der Waals surface area contributed by atoms with E-state index in [2.05, 4.69) is 18.7 Å². The second-order valence-electron chi connectivity index (χ2n) is 4.93. The lowest BCUT2D eigenvalue weighted by Gasteiger charge is -2.22. The molecule has 1 heterocycles. The van der Waals surface area contributed by atoms with Crippen LogP contribution in [0.25, 0.3) is 0 Å². The number of aliphatic carboxylic acids is 1. The Morgan fingerprint density at radius 1 is 1.60 bits per heavy atom. The van der Waals surface area contributed by atoms with Gasteiger partial charge in [-0.25, -0.2) is 4.79 Å². The molecule has 0 amide bonds. The zero-order valence-electron chi connectivity index (χ0n) is 9.82. The van der Waals surface area contributed by atoms with Crippen LogP contribution in [-0.4, -0.2) is 48.3 Å². The average Bonchev–Trinajstić information content (AvgIpc) is 2.44. The van der Waals surface area contributed by atoms with Crippen LogP contribution in [0.3, 0.4) is 0 Å². The number of hydrogen-bond acceptors (Lipinski definition) is 3. The minimum atomic E-state index is -0.860. The highest BCUT2D eigenvalue weighted by atomic mass is 16.5. The number of nitrogens with zero attached hydrogens (tertiary/aromatic N) is 1. The molecule has 0 aliphatic carbocycles. The summed E-state index contributed by atoms with van der Waals surface area (Å²) in [6.45, 7) is 9.14. The number of rotatable bonds is 5. The summed E-state index contributed by atoms with van der Waals surface area (Å²) in [7, 11) is 0. The van der Waals surface area contributed by atoms with Crippen molar-refractivity contribution in [1.82, 2.24) is 4.90 Å². The number of carbonyl (C=O) groups is 1. The average molecular weight is 215 g/mol. The van der Waals surface area contributed by atoms with Gasteiger partial charge in [-0.05, 0) is 25.3 Å². The van der Waals surface area contributed by atoms with Crippen LogP contribution in [0.4, 0.5) is 0 Å². The van der Waals surface area contributed by atoms with E-state index in [1.165, 1.54) is 0 Å². The fourth-order valence-corrected chi connectivity index (χ4v) is 2.02. The molecule has 0 bridgehead atoms. The Bertz CT molecular complexity index is 228. The first-order chi connectivity index (χ1) is 6.94. The van der Waals surface area contributed by atoms with Crippen molar-refractivity contribution in [2.45, 2.75) is 33.3 Å². The van der Waals surface area contributed by atoms with Crippen LogP contribution in [0.15, 0.2) is 0 Å². The van der Waals surface area contributed by atoms with E-state index < -0.39 is 12.1 Å². The molecule has 1 aliphatic heterocycles. The molecule has 4 nitrogen and oxygen atoms in total. The van der Waals surface area contributed by atoms with Gasteiger partial charge in [0.2, 0.25) is 0 Å². The van der Waals surface area contributed by atoms with E-state index in [1.54, 1.807) is 0 Å². The Balaban J connectivity index is 2.42. The fourth-order valence-electron chi connectivity index (χ4n) is 2.02. The Hall–Kier alpha value is -0.610. The summed E-state index contributed by atoms with van der Waals surface area (Å²) in [5, 5.41) is 8.94. The van der Waals surface area contributed by atoms with Crippen molar-refractivity contribution in [2.75, 3.05) is 26.2 Å². The molecule has 0 radical (unpaired) electrons. The maximum Gasteiger partial charge on any atom is 0.334 e. The summed E-state index contributed by atoms with van der Waals surface area (Å²) < 4.78 is 5.19. The number of ether oxygens (including phenoxy) is 1. The van der Waals surface area contributed by atoms with E-state index in [9.17, 15) is 4.79 Å². The Labute approximate surface area is 91.2 Å². The zero-order valence-corrected chi connectivity index (χ0v) is 9.82. The number of carboxylic acid groups (broad SMARTS) is 1. The summed E-state index contributed by atoms with van der Waals surface area (Å²) in [6, 6.07) is 0. The van der Waals surface area contributed by atoms with Crippen molar-refractivity contribution in [2.24, 2.45) is 5.41 Å². The standard InChI is InChI=1S/C11H21NO3/c1-4-15-9(10(13)14)7-12-6-5-11(2,3)8-12/h9H,4-8H2,1-3H3,(H,13,14). The first-order valence-corrected chi connectivity index (χ1v) is 5.51. The largest absolute Gasteiger partial charge is 0.479 e. The van der Waals surface area contributed by atoms with Crippen LogP contribution in [-0.2, 0) is 9.53 Å². The molecule has 0 aromatic carbocycles. The van der Waals surface area contributed by atoms with E-state index in [4.69, 9.17) is 9.84 Å². The van der Waals surface area contributed by atoms with E-state index in [-0.39, 0.29) is 0 Å². The van der Waals surface area contributed by atoms with Gasteiger partial charge >= 0.3 is 5.97 Å². The molecule has 0 aromatic rings. The van der Waals surface area contributed by atoms with Crippen LogP contribution < -0.4 is 0 Å². The predicted molar refractivity (Wildman–Crippen MR) is 57.9 cm³/mol. The maximum atomic E-state index is 10.9. The van der Waals surface area contributed by atoms with Crippen LogP contribution in [0.1, 0.15) is 27.2 Å². The second-order valence-corrected chi connectivity index (χ2v) is 4.93.